The van der Waals surface area contributed by atoms with Gasteiger partial charge in [0.05, 0.1) is 14.2 Å². The van der Waals surface area contributed by atoms with Crippen molar-refractivity contribution in [3.05, 3.63) is 28.6 Å². The van der Waals surface area contributed by atoms with Crippen molar-refractivity contribution in [2.75, 3.05) is 14.2 Å². The number of hydrogen-bond acceptors (Lipinski definition) is 4. The third-order valence-electron chi connectivity index (χ3n) is 2.43. The Morgan fingerprint density at radius 3 is 2.35 bits per heavy atom. The Morgan fingerprint density at radius 1 is 1.12 bits per heavy atom. The lowest BCUT2D eigenvalue weighted by Gasteiger charge is -2.08. The smallest absolute Gasteiger partial charge is 0.275 e. The SMILES string of the molecule is COc1ccc(-c2c(O)[nH][nH]c2=O)cc1OC. The zero-order chi connectivity index (χ0) is 12.4. The lowest BCUT2D eigenvalue weighted by molar-refractivity contribution is 0.355. The lowest BCUT2D eigenvalue weighted by atomic mass is 10.1. The second-order valence-corrected chi connectivity index (χ2v) is 3.37. The summed E-state index contributed by atoms with van der Waals surface area (Å²) in [7, 11) is 3.03. The fraction of sp³-hybridized carbons (Fsp3) is 0.182. The number of aromatic amines is 2. The molecule has 1 aromatic carbocycles. The van der Waals surface area contributed by atoms with E-state index < -0.39 is 5.56 Å². The van der Waals surface area contributed by atoms with E-state index in [1.165, 1.54) is 14.2 Å². The van der Waals surface area contributed by atoms with E-state index in [9.17, 15) is 9.90 Å². The maximum absolute atomic E-state index is 11.5. The van der Waals surface area contributed by atoms with Crippen LogP contribution in [0.1, 0.15) is 0 Å². The van der Waals surface area contributed by atoms with Crippen LogP contribution >= 0.6 is 0 Å². The van der Waals surface area contributed by atoms with Crippen LogP contribution in [0.2, 0.25) is 0 Å². The quantitative estimate of drug-likeness (QED) is 0.744. The molecule has 0 aliphatic carbocycles. The Morgan fingerprint density at radius 2 is 1.82 bits per heavy atom. The molecule has 3 N–H and O–H groups in total. The molecule has 0 amide bonds. The van der Waals surface area contributed by atoms with Gasteiger partial charge in [-0.15, -0.1) is 0 Å². The van der Waals surface area contributed by atoms with Gasteiger partial charge in [0.1, 0.15) is 5.56 Å². The molecule has 0 saturated carbocycles. The zero-order valence-corrected chi connectivity index (χ0v) is 9.40. The molecule has 1 aromatic heterocycles. The molecule has 0 bridgehead atoms. The van der Waals surface area contributed by atoms with Crippen LogP contribution in [0.3, 0.4) is 0 Å². The summed E-state index contributed by atoms with van der Waals surface area (Å²) in [6.07, 6.45) is 0. The van der Waals surface area contributed by atoms with Gasteiger partial charge in [-0.1, -0.05) is 6.07 Å². The van der Waals surface area contributed by atoms with Crippen molar-refractivity contribution in [3.63, 3.8) is 0 Å². The zero-order valence-electron chi connectivity index (χ0n) is 9.40. The average molecular weight is 236 g/mol. The number of methoxy groups -OCH3 is 2. The second-order valence-electron chi connectivity index (χ2n) is 3.37. The highest BCUT2D eigenvalue weighted by Crippen LogP contribution is 2.33. The van der Waals surface area contributed by atoms with Crippen LogP contribution in [0, 0.1) is 0 Å². The molecule has 0 aliphatic rings. The minimum Gasteiger partial charge on any atom is -0.493 e. The molecule has 2 aromatic rings. The van der Waals surface area contributed by atoms with E-state index in [1.807, 2.05) is 0 Å². The van der Waals surface area contributed by atoms with E-state index in [4.69, 9.17) is 9.47 Å². The molecule has 0 unspecified atom stereocenters. The number of H-pyrrole nitrogens is 2. The normalized spacial score (nSPS) is 10.2. The molecule has 0 saturated heterocycles. The van der Waals surface area contributed by atoms with E-state index in [1.54, 1.807) is 18.2 Å². The van der Waals surface area contributed by atoms with Gasteiger partial charge in [-0.2, -0.15) is 0 Å². The first kappa shape index (κ1) is 11.1. The fourth-order valence-electron chi connectivity index (χ4n) is 1.61. The molecular formula is C11H12N2O4. The minimum atomic E-state index is -0.394. The Balaban J connectivity index is 2.58. The van der Waals surface area contributed by atoms with E-state index in [2.05, 4.69) is 10.2 Å². The molecule has 90 valence electrons. The van der Waals surface area contributed by atoms with Gasteiger partial charge in [-0.3, -0.25) is 15.0 Å². The van der Waals surface area contributed by atoms with Gasteiger partial charge < -0.3 is 14.6 Å². The van der Waals surface area contributed by atoms with Crippen LogP contribution in [0.5, 0.6) is 17.4 Å². The van der Waals surface area contributed by atoms with E-state index in [0.29, 0.717) is 17.1 Å². The first-order valence-corrected chi connectivity index (χ1v) is 4.89. The van der Waals surface area contributed by atoms with Crippen molar-refractivity contribution in [2.24, 2.45) is 0 Å². The van der Waals surface area contributed by atoms with Crippen molar-refractivity contribution in [1.82, 2.24) is 10.2 Å². The molecule has 0 aliphatic heterocycles. The number of benzene rings is 1. The number of rotatable bonds is 3. The lowest BCUT2D eigenvalue weighted by Crippen LogP contribution is -2.01. The van der Waals surface area contributed by atoms with Crippen LogP contribution in [0.25, 0.3) is 11.1 Å². The Labute approximate surface area is 96.8 Å². The number of hydrogen-bond donors (Lipinski definition) is 3. The van der Waals surface area contributed by atoms with E-state index in [0.717, 1.165) is 0 Å². The van der Waals surface area contributed by atoms with Crippen LogP contribution < -0.4 is 15.0 Å². The Kier molecular flexibility index (Phi) is 2.78. The fourth-order valence-corrected chi connectivity index (χ4v) is 1.61. The molecule has 6 heteroatoms. The topological polar surface area (TPSA) is 87.3 Å². The standard InChI is InChI=1S/C11H12N2O4/c1-16-7-4-3-6(5-8(7)17-2)9-10(14)12-13-11(9)15/h3-5H,1-2H3,(H3,12,13,14,15). The van der Waals surface area contributed by atoms with Gasteiger partial charge in [-0.05, 0) is 17.7 Å². The second kappa shape index (κ2) is 4.25. The third-order valence-corrected chi connectivity index (χ3v) is 2.43. The molecule has 2 rings (SSSR count). The molecular weight excluding hydrogens is 224 g/mol. The van der Waals surface area contributed by atoms with Crippen molar-refractivity contribution in [2.45, 2.75) is 0 Å². The molecule has 17 heavy (non-hydrogen) atoms. The summed E-state index contributed by atoms with van der Waals surface area (Å²) in [5.74, 6) is 0.843. The first-order chi connectivity index (χ1) is 8.17. The van der Waals surface area contributed by atoms with Crippen LogP contribution in [-0.4, -0.2) is 29.5 Å². The third kappa shape index (κ3) is 1.84. The maximum Gasteiger partial charge on any atom is 0.275 e. The highest BCUT2D eigenvalue weighted by atomic mass is 16.5. The number of aromatic nitrogens is 2. The molecule has 0 radical (unpaired) electrons. The van der Waals surface area contributed by atoms with Crippen LogP contribution in [0.4, 0.5) is 0 Å². The van der Waals surface area contributed by atoms with E-state index >= 15 is 0 Å². The monoisotopic (exact) mass is 236 g/mol. The molecule has 0 atom stereocenters. The predicted molar refractivity (Wildman–Crippen MR) is 61.6 cm³/mol. The van der Waals surface area contributed by atoms with Gasteiger partial charge in [-0.25, -0.2) is 0 Å². The van der Waals surface area contributed by atoms with Crippen LogP contribution in [0.15, 0.2) is 23.0 Å². The average Bonchev–Trinajstić information content (AvgIpc) is 2.68. The summed E-state index contributed by atoms with van der Waals surface area (Å²) in [5, 5.41) is 14.2. The predicted octanol–water partition coefficient (Wildman–Crippen LogP) is 1.09. The van der Waals surface area contributed by atoms with Crippen molar-refractivity contribution in [1.29, 1.82) is 0 Å². The van der Waals surface area contributed by atoms with Crippen molar-refractivity contribution in [3.8, 4) is 28.5 Å². The summed E-state index contributed by atoms with van der Waals surface area (Å²) >= 11 is 0. The largest absolute Gasteiger partial charge is 0.493 e. The summed E-state index contributed by atoms with van der Waals surface area (Å²) < 4.78 is 10.2. The van der Waals surface area contributed by atoms with Gasteiger partial charge in [0.15, 0.2) is 11.5 Å². The summed E-state index contributed by atoms with van der Waals surface area (Å²) in [6, 6.07) is 4.95. The van der Waals surface area contributed by atoms with Gasteiger partial charge >= 0.3 is 0 Å². The summed E-state index contributed by atoms with van der Waals surface area (Å²) in [6.45, 7) is 0. The molecule has 0 fully saturated rings. The summed E-state index contributed by atoms with van der Waals surface area (Å²) in [5.41, 5.74) is 0.323. The summed E-state index contributed by atoms with van der Waals surface area (Å²) in [4.78, 5) is 11.5. The molecule has 0 spiro atoms. The Bertz CT molecular complexity index is 585. The van der Waals surface area contributed by atoms with Gasteiger partial charge in [0, 0.05) is 0 Å². The van der Waals surface area contributed by atoms with Gasteiger partial charge in [0.25, 0.3) is 5.56 Å². The van der Waals surface area contributed by atoms with Gasteiger partial charge in [0.2, 0.25) is 5.88 Å². The van der Waals surface area contributed by atoms with Crippen molar-refractivity contribution >= 4 is 0 Å². The first-order valence-electron chi connectivity index (χ1n) is 4.89. The van der Waals surface area contributed by atoms with E-state index in [-0.39, 0.29) is 11.4 Å². The maximum atomic E-state index is 11.5. The van der Waals surface area contributed by atoms with Crippen molar-refractivity contribution < 1.29 is 14.6 Å². The molecule has 6 nitrogen and oxygen atoms in total. The highest BCUT2D eigenvalue weighted by Gasteiger charge is 2.14. The van der Waals surface area contributed by atoms with Crippen LogP contribution in [-0.2, 0) is 0 Å². The highest BCUT2D eigenvalue weighted by molar-refractivity contribution is 5.70. The number of ether oxygens (including phenoxy) is 2. The molecule has 1 heterocycles. The number of aromatic hydroxyl groups is 1. The minimum absolute atomic E-state index is 0.172. The Hall–Kier alpha value is -2.37. The number of nitrogens with one attached hydrogen (secondary N) is 2.